The number of nitrogens with two attached hydrogens (primary N) is 1. The van der Waals surface area contributed by atoms with Crippen LogP contribution in [0.4, 0.5) is 4.39 Å². The smallest absolute Gasteiger partial charge is 0.124 e. The largest absolute Gasteiger partial charge is 0.493 e. The van der Waals surface area contributed by atoms with Gasteiger partial charge in [0, 0.05) is 24.8 Å². The molecule has 1 aromatic carbocycles. The van der Waals surface area contributed by atoms with Crippen LogP contribution in [0.2, 0.25) is 0 Å². The average molecular weight is 253 g/mol. The standard InChI is InChI=1S/C14H20FNO2/c1-10(16)13-8-12(15)2-3-14(13)18-9-11-4-6-17-7-5-11/h2-3,8,10-11H,4-7,9,16H2,1H3/t10-/m0/s1. The van der Waals surface area contributed by atoms with Crippen LogP contribution < -0.4 is 10.5 Å². The highest BCUT2D eigenvalue weighted by atomic mass is 19.1. The van der Waals surface area contributed by atoms with Gasteiger partial charge in [-0.05, 0) is 43.9 Å². The van der Waals surface area contributed by atoms with Crippen LogP contribution in [0.3, 0.4) is 0 Å². The molecule has 1 fully saturated rings. The molecule has 1 atom stereocenters. The van der Waals surface area contributed by atoms with Crippen molar-refractivity contribution in [2.24, 2.45) is 11.7 Å². The third kappa shape index (κ3) is 3.43. The maximum atomic E-state index is 13.2. The second-order valence-electron chi connectivity index (χ2n) is 4.84. The third-order valence-electron chi connectivity index (χ3n) is 3.28. The van der Waals surface area contributed by atoms with Gasteiger partial charge in [0.2, 0.25) is 0 Å². The van der Waals surface area contributed by atoms with Crippen LogP contribution in [0.25, 0.3) is 0 Å². The van der Waals surface area contributed by atoms with E-state index in [1.165, 1.54) is 12.1 Å². The summed E-state index contributed by atoms with van der Waals surface area (Å²) in [6, 6.07) is 4.29. The van der Waals surface area contributed by atoms with E-state index in [9.17, 15) is 4.39 Å². The van der Waals surface area contributed by atoms with Gasteiger partial charge in [0.15, 0.2) is 0 Å². The maximum absolute atomic E-state index is 13.2. The van der Waals surface area contributed by atoms with Gasteiger partial charge in [-0.25, -0.2) is 4.39 Å². The van der Waals surface area contributed by atoms with Gasteiger partial charge in [-0.15, -0.1) is 0 Å². The normalized spacial score (nSPS) is 18.6. The quantitative estimate of drug-likeness (QED) is 0.897. The molecule has 18 heavy (non-hydrogen) atoms. The van der Waals surface area contributed by atoms with Crippen molar-refractivity contribution in [3.63, 3.8) is 0 Å². The first-order valence-corrected chi connectivity index (χ1v) is 6.42. The molecule has 0 saturated carbocycles. The van der Waals surface area contributed by atoms with Gasteiger partial charge in [-0.1, -0.05) is 0 Å². The molecule has 4 heteroatoms. The molecule has 0 unspecified atom stereocenters. The predicted octanol–water partition coefficient (Wildman–Crippen LogP) is 2.65. The van der Waals surface area contributed by atoms with Crippen molar-refractivity contribution in [2.75, 3.05) is 19.8 Å². The van der Waals surface area contributed by atoms with E-state index in [1.807, 2.05) is 6.92 Å². The Kier molecular flexibility index (Phi) is 4.55. The van der Waals surface area contributed by atoms with E-state index in [2.05, 4.69) is 0 Å². The Morgan fingerprint density at radius 3 is 2.83 bits per heavy atom. The molecule has 0 spiro atoms. The second kappa shape index (κ2) is 6.16. The lowest BCUT2D eigenvalue weighted by atomic mass is 10.0. The summed E-state index contributed by atoms with van der Waals surface area (Å²) >= 11 is 0. The van der Waals surface area contributed by atoms with Gasteiger partial charge in [-0.3, -0.25) is 0 Å². The number of hydrogen-bond donors (Lipinski definition) is 1. The monoisotopic (exact) mass is 253 g/mol. The number of benzene rings is 1. The molecule has 1 aliphatic rings. The minimum absolute atomic E-state index is 0.231. The van der Waals surface area contributed by atoms with E-state index in [0.717, 1.165) is 31.6 Å². The molecule has 0 aromatic heterocycles. The third-order valence-corrected chi connectivity index (χ3v) is 3.28. The number of hydrogen-bond acceptors (Lipinski definition) is 3. The average Bonchev–Trinajstić information content (AvgIpc) is 2.38. The summed E-state index contributed by atoms with van der Waals surface area (Å²) in [5.74, 6) is 0.934. The summed E-state index contributed by atoms with van der Waals surface area (Å²) in [6.07, 6.45) is 2.05. The van der Waals surface area contributed by atoms with Gasteiger partial charge in [0.1, 0.15) is 11.6 Å². The van der Waals surface area contributed by atoms with Gasteiger partial charge >= 0.3 is 0 Å². The second-order valence-corrected chi connectivity index (χ2v) is 4.84. The van der Waals surface area contributed by atoms with Crippen LogP contribution >= 0.6 is 0 Å². The zero-order chi connectivity index (χ0) is 13.0. The van der Waals surface area contributed by atoms with E-state index in [1.54, 1.807) is 6.07 Å². The molecule has 1 heterocycles. The lowest BCUT2D eigenvalue weighted by Gasteiger charge is -2.23. The first-order valence-electron chi connectivity index (χ1n) is 6.42. The number of rotatable bonds is 4. The zero-order valence-electron chi connectivity index (χ0n) is 10.7. The van der Waals surface area contributed by atoms with Gasteiger partial charge in [0.05, 0.1) is 6.61 Å². The molecule has 2 rings (SSSR count). The van der Waals surface area contributed by atoms with Crippen molar-refractivity contribution in [1.29, 1.82) is 0 Å². The predicted molar refractivity (Wildman–Crippen MR) is 68.0 cm³/mol. The van der Waals surface area contributed by atoms with Crippen LogP contribution in [-0.4, -0.2) is 19.8 Å². The topological polar surface area (TPSA) is 44.5 Å². The number of ether oxygens (including phenoxy) is 2. The van der Waals surface area contributed by atoms with Crippen LogP contribution in [0.5, 0.6) is 5.75 Å². The summed E-state index contributed by atoms with van der Waals surface area (Å²) in [6.45, 7) is 4.08. The van der Waals surface area contributed by atoms with Crippen molar-refractivity contribution < 1.29 is 13.9 Å². The molecule has 1 saturated heterocycles. The highest BCUT2D eigenvalue weighted by Gasteiger charge is 2.16. The number of halogens is 1. The Hall–Kier alpha value is -1.13. The minimum Gasteiger partial charge on any atom is -0.493 e. The van der Waals surface area contributed by atoms with E-state index in [4.69, 9.17) is 15.2 Å². The molecule has 0 amide bonds. The fourth-order valence-corrected chi connectivity index (χ4v) is 2.13. The van der Waals surface area contributed by atoms with Gasteiger partial charge in [-0.2, -0.15) is 0 Å². The van der Waals surface area contributed by atoms with Crippen molar-refractivity contribution >= 4 is 0 Å². The summed E-state index contributed by atoms with van der Waals surface area (Å²) < 4.78 is 24.3. The lowest BCUT2D eigenvalue weighted by molar-refractivity contribution is 0.0495. The molecule has 100 valence electrons. The Balaban J connectivity index is 1.99. The van der Waals surface area contributed by atoms with Crippen molar-refractivity contribution in [3.05, 3.63) is 29.6 Å². The minimum atomic E-state index is -0.277. The van der Waals surface area contributed by atoms with E-state index < -0.39 is 0 Å². The SMILES string of the molecule is C[C@H](N)c1cc(F)ccc1OCC1CCOCC1. The lowest BCUT2D eigenvalue weighted by Crippen LogP contribution is -2.22. The molecular formula is C14H20FNO2. The van der Waals surface area contributed by atoms with E-state index >= 15 is 0 Å². The first-order chi connectivity index (χ1) is 8.66. The summed E-state index contributed by atoms with van der Waals surface area (Å²) in [5, 5.41) is 0. The van der Waals surface area contributed by atoms with E-state index in [0.29, 0.717) is 18.3 Å². The van der Waals surface area contributed by atoms with Crippen LogP contribution in [0.1, 0.15) is 31.4 Å². The van der Waals surface area contributed by atoms with Gasteiger partial charge < -0.3 is 15.2 Å². The van der Waals surface area contributed by atoms with Crippen molar-refractivity contribution in [2.45, 2.75) is 25.8 Å². The molecule has 1 aliphatic heterocycles. The fourth-order valence-electron chi connectivity index (χ4n) is 2.13. The Bertz CT molecular complexity index is 389. The first kappa shape index (κ1) is 13.3. The molecular weight excluding hydrogens is 233 g/mol. The highest BCUT2D eigenvalue weighted by molar-refractivity contribution is 5.36. The summed E-state index contributed by atoms with van der Waals surface area (Å²) in [4.78, 5) is 0. The summed E-state index contributed by atoms with van der Waals surface area (Å²) in [7, 11) is 0. The van der Waals surface area contributed by atoms with Gasteiger partial charge in [0.25, 0.3) is 0 Å². The van der Waals surface area contributed by atoms with Crippen molar-refractivity contribution in [1.82, 2.24) is 0 Å². The Morgan fingerprint density at radius 1 is 1.44 bits per heavy atom. The molecule has 0 bridgehead atoms. The molecule has 0 radical (unpaired) electrons. The highest BCUT2D eigenvalue weighted by Crippen LogP contribution is 2.26. The Morgan fingerprint density at radius 2 is 2.17 bits per heavy atom. The maximum Gasteiger partial charge on any atom is 0.124 e. The molecule has 2 N–H and O–H groups in total. The molecule has 3 nitrogen and oxygen atoms in total. The van der Waals surface area contributed by atoms with Crippen LogP contribution in [0, 0.1) is 11.7 Å². The zero-order valence-corrected chi connectivity index (χ0v) is 10.7. The van der Waals surface area contributed by atoms with Crippen LogP contribution in [0.15, 0.2) is 18.2 Å². The molecule has 1 aromatic rings. The van der Waals surface area contributed by atoms with E-state index in [-0.39, 0.29) is 11.9 Å². The van der Waals surface area contributed by atoms with Crippen molar-refractivity contribution in [3.8, 4) is 5.75 Å². The fraction of sp³-hybridized carbons (Fsp3) is 0.571. The Labute approximate surface area is 107 Å². The molecule has 0 aliphatic carbocycles. The van der Waals surface area contributed by atoms with Crippen LogP contribution in [-0.2, 0) is 4.74 Å². The summed E-state index contributed by atoms with van der Waals surface area (Å²) in [5.41, 5.74) is 6.55.